The van der Waals surface area contributed by atoms with E-state index >= 15 is 0 Å². The first-order valence-electron chi connectivity index (χ1n) is 5.53. The van der Waals surface area contributed by atoms with Gasteiger partial charge in [0.15, 0.2) is 0 Å². The quantitative estimate of drug-likeness (QED) is 0.773. The average molecular weight is 246 g/mol. The molecule has 0 atom stereocenters. The lowest BCUT2D eigenvalue weighted by atomic mass is 10.2. The van der Waals surface area contributed by atoms with Gasteiger partial charge in [0.1, 0.15) is 17.2 Å². The van der Waals surface area contributed by atoms with Crippen molar-refractivity contribution >= 4 is 0 Å². The van der Waals surface area contributed by atoms with Crippen molar-refractivity contribution in [3.63, 3.8) is 0 Å². The van der Waals surface area contributed by atoms with Gasteiger partial charge in [0.2, 0.25) is 0 Å². The molecule has 18 heavy (non-hydrogen) atoms. The van der Waals surface area contributed by atoms with Crippen LogP contribution in [-0.4, -0.2) is 15.3 Å². The van der Waals surface area contributed by atoms with Gasteiger partial charge in [0.05, 0.1) is 13.2 Å². The highest BCUT2D eigenvalue weighted by atomic mass is 16.5. The molecule has 0 unspecified atom stereocenters. The molecule has 2 aromatic rings. The fourth-order valence-electron chi connectivity index (χ4n) is 1.60. The first-order valence-corrected chi connectivity index (χ1v) is 5.53. The number of phenols is 1. The molecule has 0 heterocycles. The molecule has 0 saturated heterocycles. The smallest absolute Gasteiger partial charge is 0.128 e. The lowest BCUT2D eigenvalue weighted by molar-refractivity contribution is 0.275. The largest absolute Gasteiger partial charge is 0.508 e. The zero-order valence-corrected chi connectivity index (χ0v) is 9.71. The molecule has 4 nitrogen and oxygen atoms in total. The standard InChI is InChI=1S/C14H14O4/c15-8-10-2-1-3-12(6-10)18-13-4-5-14(17)11(7-13)9-16/h1-7,15-17H,8-9H2. The Morgan fingerprint density at radius 1 is 0.889 bits per heavy atom. The Bertz CT molecular complexity index is 537. The summed E-state index contributed by atoms with van der Waals surface area (Å²) in [7, 11) is 0. The van der Waals surface area contributed by atoms with E-state index in [9.17, 15) is 5.11 Å². The molecule has 0 aromatic heterocycles. The predicted octanol–water partition coefficient (Wildman–Crippen LogP) is 2.17. The second kappa shape index (κ2) is 5.53. The second-order valence-corrected chi connectivity index (χ2v) is 3.86. The van der Waals surface area contributed by atoms with Crippen LogP contribution in [0.25, 0.3) is 0 Å². The minimum Gasteiger partial charge on any atom is -0.508 e. The first-order chi connectivity index (χ1) is 8.72. The number of aliphatic hydroxyl groups excluding tert-OH is 2. The van der Waals surface area contributed by atoms with Crippen molar-refractivity contribution < 1.29 is 20.1 Å². The zero-order valence-electron chi connectivity index (χ0n) is 9.71. The van der Waals surface area contributed by atoms with Crippen molar-refractivity contribution in [3.8, 4) is 17.2 Å². The van der Waals surface area contributed by atoms with Crippen molar-refractivity contribution in [2.45, 2.75) is 13.2 Å². The van der Waals surface area contributed by atoms with E-state index < -0.39 is 0 Å². The lowest BCUT2D eigenvalue weighted by Gasteiger charge is -2.09. The zero-order chi connectivity index (χ0) is 13.0. The van der Waals surface area contributed by atoms with E-state index in [2.05, 4.69) is 0 Å². The summed E-state index contributed by atoms with van der Waals surface area (Å²) in [6.07, 6.45) is 0. The molecule has 0 fully saturated rings. The van der Waals surface area contributed by atoms with Gasteiger partial charge in [-0.1, -0.05) is 12.1 Å². The van der Waals surface area contributed by atoms with Crippen LogP contribution in [0.3, 0.4) is 0 Å². The third-order valence-corrected chi connectivity index (χ3v) is 2.54. The van der Waals surface area contributed by atoms with Crippen molar-refractivity contribution in [1.82, 2.24) is 0 Å². The summed E-state index contributed by atoms with van der Waals surface area (Å²) >= 11 is 0. The summed E-state index contributed by atoms with van der Waals surface area (Å²) in [4.78, 5) is 0. The summed E-state index contributed by atoms with van der Waals surface area (Å²) < 4.78 is 5.58. The Kier molecular flexibility index (Phi) is 3.82. The molecule has 0 amide bonds. The Hall–Kier alpha value is -2.04. The van der Waals surface area contributed by atoms with Crippen LogP contribution in [0.2, 0.25) is 0 Å². The fourth-order valence-corrected chi connectivity index (χ4v) is 1.60. The monoisotopic (exact) mass is 246 g/mol. The van der Waals surface area contributed by atoms with Crippen molar-refractivity contribution in [2.24, 2.45) is 0 Å². The molecule has 0 saturated carbocycles. The minimum absolute atomic E-state index is 0.0361. The maximum atomic E-state index is 9.43. The topological polar surface area (TPSA) is 69.9 Å². The summed E-state index contributed by atoms with van der Waals surface area (Å²) in [5, 5.41) is 27.5. The van der Waals surface area contributed by atoms with Crippen molar-refractivity contribution in [3.05, 3.63) is 53.6 Å². The summed E-state index contributed by atoms with van der Waals surface area (Å²) in [6, 6.07) is 11.7. The van der Waals surface area contributed by atoms with Crippen molar-refractivity contribution in [2.75, 3.05) is 0 Å². The molecule has 0 aliphatic heterocycles. The third kappa shape index (κ3) is 2.80. The van der Waals surface area contributed by atoms with Crippen LogP contribution in [0.4, 0.5) is 0 Å². The van der Waals surface area contributed by atoms with E-state index in [-0.39, 0.29) is 19.0 Å². The van der Waals surface area contributed by atoms with E-state index in [1.54, 1.807) is 36.4 Å². The second-order valence-electron chi connectivity index (χ2n) is 3.86. The summed E-state index contributed by atoms with van der Waals surface area (Å²) in [5.41, 5.74) is 1.17. The number of hydrogen-bond acceptors (Lipinski definition) is 4. The van der Waals surface area contributed by atoms with Gasteiger partial charge in [-0.15, -0.1) is 0 Å². The van der Waals surface area contributed by atoms with Crippen molar-refractivity contribution in [1.29, 1.82) is 0 Å². The van der Waals surface area contributed by atoms with Crippen LogP contribution in [0.1, 0.15) is 11.1 Å². The average Bonchev–Trinajstić information content (AvgIpc) is 2.41. The Balaban J connectivity index is 2.22. The van der Waals surface area contributed by atoms with Gasteiger partial charge in [0, 0.05) is 5.56 Å². The Morgan fingerprint density at radius 3 is 2.39 bits per heavy atom. The van der Waals surface area contributed by atoms with E-state index in [0.29, 0.717) is 17.1 Å². The molecule has 4 heteroatoms. The Labute approximate surface area is 105 Å². The van der Waals surface area contributed by atoms with E-state index in [1.165, 1.54) is 6.07 Å². The molecular weight excluding hydrogens is 232 g/mol. The van der Waals surface area contributed by atoms with Crippen LogP contribution >= 0.6 is 0 Å². The lowest BCUT2D eigenvalue weighted by Crippen LogP contribution is -1.90. The number of aliphatic hydroxyl groups is 2. The highest BCUT2D eigenvalue weighted by molar-refractivity contribution is 5.41. The van der Waals surface area contributed by atoms with E-state index in [4.69, 9.17) is 14.9 Å². The number of rotatable bonds is 4. The number of ether oxygens (including phenoxy) is 1. The Morgan fingerprint density at radius 2 is 1.67 bits per heavy atom. The molecule has 0 spiro atoms. The van der Waals surface area contributed by atoms with Crippen LogP contribution in [0.5, 0.6) is 17.2 Å². The number of benzene rings is 2. The van der Waals surface area contributed by atoms with Gasteiger partial charge in [-0.3, -0.25) is 0 Å². The summed E-state index contributed by atoms with van der Waals surface area (Å²) in [5.74, 6) is 1.15. The predicted molar refractivity (Wildman–Crippen MR) is 66.5 cm³/mol. The van der Waals surface area contributed by atoms with Gasteiger partial charge in [-0.05, 0) is 35.9 Å². The molecular formula is C14H14O4. The minimum atomic E-state index is -0.250. The molecule has 0 aliphatic rings. The number of hydrogen-bond donors (Lipinski definition) is 3. The van der Waals surface area contributed by atoms with E-state index in [1.807, 2.05) is 0 Å². The maximum Gasteiger partial charge on any atom is 0.128 e. The first kappa shape index (κ1) is 12.4. The molecule has 0 bridgehead atoms. The van der Waals surface area contributed by atoms with Crippen LogP contribution in [0.15, 0.2) is 42.5 Å². The molecule has 2 aromatic carbocycles. The van der Waals surface area contributed by atoms with Gasteiger partial charge >= 0.3 is 0 Å². The highest BCUT2D eigenvalue weighted by Gasteiger charge is 2.04. The summed E-state index contributed by atoms with van der Waals surface area (Å²) in [6.45, 7) is -0.297. The molecule has 0 radical (unpaired) electrons. The van der Waals surface area contributed by atoms with Crippen LogP contribution in [-0.2, 0) is 13.2 Å². The molecule has 0 aliphatic carbocycles. The molecule has 3 N–H and O–H groups in total. The van der Waals surface area contributed by atoms with Gasteiger partial charge in [-0.25, -0.2) is 0 Å². The van der Waals surface area contributed by atoms with E-state index in [0.717, 1.165) is 5.56 Å². The molecule has 94 valence electrons. The van der Waals surface area contributed by atoms with Gasteiger partial charge in [-0.2, -0.15) is 0 Å². The highest BCUT2D eigenvalue weighted by Crippen LogP contribution is 2.27. The fraction of sp³-hybridized carbons (Fsp3) is 0.143. The SMILES string of the molecule is OCc1cccc(Oc2ccc(O)c(CO)c2)c1. The maximum absolute atomic E-state index is 9.43. The van der Waals surface area contributed by atoms with Gasteiger partial charge < -0.3 is 20.1 Å². The molecule has 2 rings (SSSR count). The number of aromatic hydroxyl groups is 1. The third-order valence-electron chi connectivity index (χ3n) is 2.54. The normalized spacial score (nSPS) is 10.3. The van der Waals surface area contributed by atoms with Crippen LogP contribution < -0.4 is 4.74 Å². The van der Waals surface area contributed by atoms with Gasteiger partial charge in [0.25, 0.3) is 0 Å². The van der Waals surface area contributed by atoms with Crippen LogP contribution in [0, 0.1) is 0 Å².